The molecule has 1 heterocycles. The third kappa shape index (κ3) is 3.34. The van der Waals surface area contributed by atoms with Gasteiger partial charge in [-0.05, 0) is 19.8 Å². The van der Waals surface area contributed by atoms with Crippen LogP contribution in [0.3, 0.4) is 0 Å². The van der Waals surface area contributed by atoms with Crippen LogP contribution in [-0.4, -0.2) is 23.7 Å². The van der Waals surface area contributed by atoms with Gasteiger partial charge >= 0.3 is 8.25 Å². The van der Waals surface area contributed by atoms with E-state index in [4.69, 9.17) is 9.63 Å². The minimum atomic E-state index is -2.77. The van der Waals surface area contributed by atoms with Gasteiger partial charge in [-0.3, -0.25) is 4.57 Å². The highest BCUT2D eigenvalue weighted by Crippen LogP contribution is 2.23. The van der Waals surface area contributed by atoms with Crippen molar-refractivity contribution in [1.82, 2.24) is 0 Å². The first-order valence-corrected chi connectivity index (χ1v) is 4.96. The van der Waals surface area contributed by atoms with Crippen LogP contribution in [0, 0.1) is 0 Å². The first-order chi connectivity index (χ1) is 5.18. The summed E-state index contributed by atoms with van der Waals surface area (Å²) in [5.74, 6) is 0. The Hall–Kier alpha value is 0.110. The maximum Gasteiger partial charge on any atom is 0.316 e. The second kappa shape index (κ2) is 4.21. The quantitative estimate of drug-likeness (QED) is 0.657. The molecule has 0 bridgehead atoms. The van der Waals surface area contributed by atoms with Crippen molar-refractivity contribution in [2.24, 2.45) is 0 Å². The van der Waals surface area contributed by atoms with Gasteiger partial charge in [-0.15, -0.1) is 0 Å². The lowest BCUT2D eigenvalue weighted by Crippen LogP contribution is -2.13. The molecule has 0 aromatic heterocycles. The van der Waals surface area contributed by atoms with E-state index in [1.807, 2.05) is 6.92 Å². The Morgan fingerprint density at radius 3 is 2.91 bits per heavy atom. The molecule has 1 rings (SSSR count). The smallest absolute Gasteiger partial charge is 0.316 e. The molecular formula is C6H13O4P. The topological polar surface area (TPSA) is 55.8 Å². The first kappa shape index (κ1) is 9.20. The molecule has 1 N–H and O–H groups in total. The summed E-state index contributed by atoms with van der Waals surface area (Å²) >= 11 is 0. The molecule has 11 heavy (non-hydrogen) atoms. The van der Waals surface area contributed by atoms with E-state index in [9.17, 15) is 4.57 Å². The summed E-state index contributed by atoms with van der Waals surface area (Å²) in [5.41, 5.74) is 0. The van der Waals surface area contributed by atoms with Crippen molar-refractivity contribution in [3.05, 3.63) is 0 Å². The maximum absolute atomic E-state index is 10.1. The molecule has 5 heteroatoms. The fraction of sp³-hybridized carbons (Fsp3) is 1.00. The van der Waals surface area contributed by atoms with Crippen molar-refractivity contribution in [2.45, 2.75) is 32.0 Å². The lowest BCUT2D eigenvalue weighted by molar-refractivity contribution is 0.0257. The van der Waals surface area contributed by atoms with E-state index in [0.29, 0.717) is 0 Å². The Bertz CT molecular complexity index is 150. The second-order valence-electron chi connectivity index (χ2n) is 2.72. The summed E-state index contributed by atoms with van der Waals surface area (Å²) in [5, 5.41) is 0. The van der Waals surface area contributed by atoms with E-state index >= 15 is 0 Å². The van der Waals surface area contributed by atoms with Gasteiger partial charge in [0, 0.05) is 0 Å². The molecule has 4 nitrogen and oxygen atoms in total. The van der Waals surface area contributed by atoms with Crippen LogP contribution in [-0.2, 0) is 13.8 Å². The van der Waals surface area contributed by atoms with Gasteiger partial charge in [-0.2, -0.15) is 0 Å². The highest BCUT2D eigenvalue weighted by atomic mass is 31.1. The SMILES string of the molecule is CC1CCC(CO[PH](=O)O)O1. The average molecular weight is 180 g/mol. The van der Waals surface area contributed by atoms with Crippen LogP contribution in [0.5, 0.6) is 0 Å². The van der Waals surface area contributed by atoms with Crippen molar-refractivity contribution in [1.29, 1.82) is 0 Å². The van der Waals surface area contributed by atoms with E-state index in [-0.39, 0.29) is 18.8 Å². The molecular weight excluding hydrogens is 167 g/mol. The molecule has 1 aliphatic heterocycles. The number of hydrogen-bond donors (Lipinski definition) is 1. The van der Waals surface area contributed by atoms with E-state index in [1.54, 1.807) is 0 Å². The fourth-order valence-electron chi connectivity index (χ4n) is 1.17. The summed E-state index contributed by atoms with van der Waals surface area (Å²) < 4.78 is 20.0. The number of rotatable bonds is 3. The molecule has 1 aliphatic rings. The Balaban J connectivity index is 2.13. The molecule has 0 saturated carbocycles. The van der Waals surface area contributed by atoms with Gasteiger partial charge in [-0.1, -0.05) is 0 Å². The van der Waals surface area contributed by atoms with Crippen molar-refractivity contribution < 1.29 is 18.7 Å². The van der Waals surface area contributed by atoms with E-state index in [0.717, 1.165) is 12.8 Å². The number of hydrogen-bond acceptors (Lipinski definition) is 3. The Morgan fingerprint density at radius 1 is 1.73 bits per heavy atom. The summed E-state index contributed by atoms with van der Waals surface area (Å²) in [6, 6.07) is 0. The molecule has 3 atom stereocenters. The largest absolute Gasteiger partial charge is 0.373 e. The van der Waals surface area contributed by atoms with E-state index < -0.39 is 8.25 Å². The summed E-state index contributed by atoms with van der Waals surface area (Å²) in [4.78, 5) is 8.35. The van der Waals surface area contributed by atoms with Gasteiger partial charge in [0.05, 0.1) is 18.8 Å². The molecule has 0 radical (unpaired) electrons. The van der Waals surface area contributed by atoms with Gasteiger partial charge in [0.2, 0.25) is 0 Å². The van der Waals surface area contributed by atoms with Crippen molar-refractivity contribution in [3.8, 4) is 0 Å². The molecule has 66 valence electrons. The van der Waals surface area contributed by atoms with Crippen LogP contribution in [0.15, 0.2) is 0 Å². The van der Waals surface area contributed by atoms with Gasteiger partial charge in [0.1, 0.15) is 0 Å². The zero-order valence-electron chi connectivity index (χ0n) is 6.45. The molecule has 0 aromatic rings. The zero-order valence-corrected chi connectivity index (χ0v) is 7.45. The highest BCUT2D eigenvalue weighted by Gasteiger charge is 2.21. The predicted molar refractivity (Wildman–Crippen MR) is 40.7 cm³/mol. The number of ether oxygens (including phenoxy) is 1. The minimum Gasteiger partial charge on any atom is -0.373 e. The standard InChI is InChI=1S/C6H13O4P/c1-5-2-3-6(10-5)4-9-11(7)8/h5-6,11H,2-4H2,1H3,(H,7,8). The summed E-state index contributed by atoms with van der Waals surface area (Å²) in [6.07, 6.45) is 2.23. The highest BCUT2D eigenvalue weighted by molar-refractivity contribution is 7.32. The van der Waals surface area contributed by atoms with Gasteiger partial charge in [0.25, 0.3) is 0 Å². The summed E-state index contributed by atoms with van der Waals surface area (Å²) in [6.45, 7) is 2.24. The van der Waals surface area contributed by atoms with E-state index in [1.165, 1.54) is 0 Å². The lowest BCUT2D eigenvalue weighted by Gasteiger charge is -2.09. The third-order valence-corrected chi connectivity index (χ3v) is 2.13. The van der Waals surface area contributed by atoms with Crippen molar-refractivity contribution in [2.75, 3.05) is 6.61 Å². The van der Waals surface area contributed by atoms with Crippen LogP contribution >= 0.6 is 8.25 Å². The van der Waals surface area contributed by atoms with E-state index in [2.05, 4.69) is 4.52 Å². The van der Waals surface area contributed by atoms with Crippen LogP contribution < -0.4 is 0 Å². The van der Waals surface area contributed by atoms with Crippen LogP contribution in [0.4, 0.5) is 0 Å². The van der Waals surface area contributed by atoms with Crippen molar-refractivity contribution >= 4 is 8.25 Å². The van der Waals surface area contributed by atoms with Gasteiger partial charge < -0.3 is 14.2 Å². The van der Waals surface area contributed by atoms with Crippen LogP contribution in [0.1, 0.15) is 19.8 Å². The molecule has 1 saturated heterocycles. The predicted octanol–water partition coefficient (Wildman–Crippen LogP) is 0.952. The monoisotopic (exact) mass is 180 g/mol. The minimum absolute atomic E-state index is 0.0195. The fourth-order valence-corrected chi connectivity index (χ4v) is 1.50. The lowest BCUT2D eigenvalue weighted by atomic mass is 10.2. The molecule has 0 spiro atoms. The average Bonchev–Trinajstić information content (AvgIpc) is 2.31. The summed E-state index contributed by atoms with van der Waals surface area (Å²) in [7, 11) is -2.77. The van der Waals surface area contributed by atoms with Crippen LogP contribution in [0.25, 0.3) is 0 Å². The zero-order chi connectivity index (χ0) is 8.27. The van der Waals surface area contributed by atoms with Gasteiger partial charge in [0.15, 0.2) is 0 Å². The van der Waals surface area contributed by atoms with Gasteiger partial charge in [-0.25, -0.2) is 0 Å². The molecule has 0 aliphatic carbocycles. The second-order valence-corrected chi connectivity index (χ2v) is 3.54. The molecule has 1 fully saturated rings. The molecule has 3 unspecified atom stereocenters. The molecule has 0 amide bonds. The first-order valence-electron chi connectivity index (χ1n) is 3.69. The third-order valence-electron chi connectivity index (χ3n) is 1.71. The Morgan fingerprint density at radius 2 is 2.45 bits per heavy atom. The molecule has 0 aromatic carbocycles. The van der Waals surface area contributed by atoms with Crippen molar-refractivity contribution in [3.63, 3.8) is 0 Å². The van der Waals surface area contributed by atoms with Crippen LogP contribution in [0.2, 0.25) is 0 Å². The Kier molecular flexibility index (Phi) is 3.52. The maximum atomic E-state index is 10.1. The Labute approximate surface area is 66.5 Å². The normalized spacial score (nSPS) is 34.0.